The van der Waals surface area contributed by atoms with Crippen LogP contribution in [0.2, 0.25) is 0 Å². The van der Waals surface area contributed by atoms with Gasteiger partial charge in [-0.15, -0.1) is 0 Å². The van der Waals surface area contributed by atoms with Crippen molar-refractivity contribution in [2.75, 3.05) is 0 Å². The number of aromatic hydroxyl groups is 1. The zero-order valence-electron chi connectivity index (χ0n) is 15.4. The Morgan fingerprint density at radius 2 is 1.64 bits per heavy atom. The van der Waals surface area contributed by atoms with Gasteiger partial charge in [0, 0.05) is 12.1 Å². The minimum absolute atomic E-state index is 0.00206. The van der Waals surface area contributed by atoms with Crippen molar-refractivity contribution >= 4 is 12.0 Å². The number of carbonyl (C=O) groups excluding carboxylic acids is 2. The highest BCUT2D eigenvalue weighted by atomic mass is 16.6. The largest absolute Gasteiger partial charge is 0.507 e. The van der Waals surface area contributed by atoms with Gasteiger partial charge in [0.15, 0.2) is 0 Å². The number of nitrogens with one attached hydrogen (secondary N) is 2. The number of benzene rings is 1. The third-order valence-electron chi connectivity index (χ3n) is 4.18. The van der Waals surface area contributed by atoms with Crippen LogP contribution in [0.1, 0.15) is 62.4 Å². The average Bonchev–Trinajstić information content (AvgIpc) is 2.47. The van der Waals surface area contributed by atoms with E-state index in [9.17, 15) is 14.7 Å². The number of rotatable bonds is 3. The Balaban J connectivity index is 1.80. The molecule has 1 fully saturated rings. The Kier molecular flexibility index (Phi) is 5.93. The highest BCUT2D eigenvalue weighted by Gasteiger charge is 2.26. The van der Waals surface area contributed by atoms with Crippen LogP contribution in [-0.4, -0.2) is 34.8 Å². The van der Waals surface area contributed by atoms with Gasteiger partial charge in [-0.3, -0.25) is 4.79 Å². The number of carbonyl (C=O) groups is 2. The third kappa shape index (κ3) is 5.96. The molecule has 138 valence electrons. The van der Waals surface area contributed by atoms with Crippen LogP contribution in [0.15, 0.2) is 18.2 Å². The van der Waals surface area contributed by atoms with Crippen LogP contribution >= 0.6 is 0 Å². The first-order chi connectivity index (χ1) is 11.6. The summed E-state index contributed by atoms with van der Waals surface area (Å²) in [6.45, 7) is 7.36. The van der Waals surface area contributed by atoms with Gasteiger partial charge < -0.3 is 20.5 Å². The highest BCUT2D eigenvalue weighted by molar-refractivity contribution is 5.97. The van der Waals surface area contributed by atoms with Crippen LogP contribution in [0.4, 0.5) is 4.79 Å². The Labute approximate surface area is 149 Å². The van der Waals surface area contributed by atoms with Crippen molar-refractivity contribution < 1.29 is 19.4 Å². The number of phenols is 1. The molecule has 6 nitrogen and oxygen atoms in total. The van der Waals surface area contributed by atoms with E-state index in [1.807, 2.05) is 27.7 Å². The summed E-state index contributed by atoms with van der Waals surface area (Å²) in [6, 6.07) is 5.13. The van der Waals surface area contributed by atoms with E-state index >= 15 is 0 Å². The molecule has 0 radical (unpaired) electrons. The minimum atomic E-state index is -0.509. The fourth-order valence-electron chi connectivity index (χ4n) is 2.95. The molecule has 1 aromatic carbocycles. The molecule has 2 rings (SSSR count). The summed E-state index contributed by atoms with van der Waals surface area (Å²) >= 11 is 0. The van der Waals surface area contributed by atoms with Crippen LogP contribution in [0.25, 0.3) is 0 Å². The van der Waals surface area contributed by atoms with Crippen LogP contribution < -0.4 is 10.6 Å². The fraction of sp³-hybridized carbons (Fsp3) is 0.579. The Bertz CT molecular complexity index is 629. The molecule has 6 heteroatoms. The molecule has 1 aliphatic carbocycles. The van der Waals surface area contributed by atoms with E-state index in [4.69, 9.17) is 4.74 Å². The van der Waals surface area contributed by atoms with Crippen LogP contribution in [0.3, 0.4) is 0 Å². The Morgan fingerprint density at radius 1 is 1.08 bits per heavy atom. The first-order valence-corrected chi connectivity index (χ1v) is 8.74. The van der Waals surface area contributed by atoms with Gasteiger partial charge in [-0.25, -0.2) is 4.79 Å². The summed E-state index contributed by atoms with van der Waals surface area (Å²) in [5.41, 5.74) is 0.688. The predicted molar refractivity (Wildman–Crippen MR) is 95.7 cm³/mol. The normalized spacial score (nSPS) is 20.6. The van der Waals surface area contributed by atoms with E-state index in [0.717, 1.165) is 31.2 Å². The molecule has 0 atom stereocenters. The number of alkyl carbamates (subject to hydrolysis) is 1. The lowest BCUT2D eigenvalue weighted by Crippen LogP contribution is -2.45. The molecule has 1 aromatic rings. The van der Waals surface area contributed by atoms with Crippen molar-refractivity contribution in [2.45, 2.75) is 71.1 Å². The van der Waals surface area contributed by atoms with Crippen molar-refractivity contribution in [2.24, 2.45) is 0 Å². The molecule has 0 aromatic heterocycles. The second kappa shape index (κ2) is 7.76. The van der Waals surface area contributed by atoms with Gasteiger partial charge in [-0.2, -0.15) is 0 Å². The van der Waals surface area contributed by atoms with Crippen molar-refractivity contribution in [3.8, 4) is 5.75 Å². The van der Waals surface area contributed by atoms with E-state index < -0.39 is 11.7 Å². The molecule has 1 aliphatic rings. The number of amides is 2. The summed E-state index contributed by atoms with van der Waals surface area (Å²) in [4.78, 5) is 24.1. The molecular formula is C19H28N2O4. The summed E-state index contributed by atoms with van der Waals surface area (Å²) in [5, 5.41) is 15.8. The quantitative estimate of drug-likeness (QED) is 0.782. The molecule has 2 amide bonds. The standard InChI is InChI=1S/C19H28N2O4/c1-12-5-10-15(16(22)11-12)17(23)20-13-6-8-14(9-7-13)21-18(24)25-19(2,3)4/h5,10-11,13-14,22H,6-9H2,1-4H3,(H,20,23)(H,21,24)/t13-,14+. The summed E-state index contributed by atoms with van der Waals surface area (Å²) in [7, 11) is 0. The lowest BCUT2D eigenvalue weighted by molar-refractivity contribution is 0.0488. The smallest absolute Gasteiger partial charge is 0.407 e. The monoisotopic (exact) mass is 348 g/mol. The molecule has 0 spiro atoms. The summed E-state index contributed by atoms with van der Waals surface area (Å²) in [6.07, 6.45) is 2.72. The van der Waals surface area contributed by atoms with E-state index in [1.54, 1.807) is 18.2 Å². The van der Waals surface area contributed by atoms with Crippen molar-refractivity contribution in [3.63, 3.8) is 0 Å². The first kappa shape index (κ1) is 19.1. The average molecular weight is 348 g/mol. The number of hydrogen-bond donors (Lipinski definition) is 3. The molecular weight excluding hydrogens is 320 g/mol. The van der Waals surface area contributed by atoms with Crippen molar-refractivity contribution in [1.29, 1.82) is 0 Å². The third-order valence-corrected chi connectivity index (χ3v) is 4.18. The van der Waals surface area contributed by atoms with E-state index in [-0.39, 0.29) is 23.7 Å². The van der Waals surface area contributed by atoms with Crippen LogP contribution in [0, 0.1) is 6.92 Å². The maximum atomic E-state index is 12.3. The van der Waals surface area contributed by atoms with Gasteiger partial charge in [-0.05, 0) is 71.1 Å². The molecule has 0 aliphatic heterocycles. The Morgan fingerprint density at radius 3 is 2.16 bits per heavy atom. The van der Waals surface area contributed by atoms with Gasteiger partial charge in [0.2, 0.25) is 0 Å². The number of ether oxygens (including phenoxy) is 1. The first-order valence-electron chi connectivity index (χ1n) is 8.74. The van der Waals surface area contributed by atoms with Gasteiger partial charge in [0.25, 0.3) is 5.91 Å². The summed E-state index contributed by atoms with van der Waals surface area (Å²) in [5.74, 6) is -0.265. The lowest BCUT2D eigenvalue weighted by Gasteiger charge is -2.30. The van der Waals surface area contributed by atoms with Gasteiger partial charge in [0.05, 0.1) is 5.56 Å². The second-order valence-corrected chi connectivity index (χ2v) is 7.69. The summed E-state index contributed by atoms with van der Waals surface area (Å²) < 4.78 is 5.26. The molecule has 0 bridgehead atoms. The fourth-order valence-corrected chi connectivity index (χ4v) is 2.95. The zero-order chi connectivity index (χ0) is 18.6. The number of aryl methyl sites for hydroxylation is 1. The molecule has 1 saturated carbocycles. The molecule has 0 unspecified atom stereocenters. The second-order valence-electron chi connectivity index (χ2n) is 7.69. The van der Waals surface area contributed by atoms with Crippen LogP contribution in [0.5, 0.6) is 5.75 Å². The van der Waals surface area contributed by atoms with E-state index in [2.05, 4.69) is 10.6 Å². The maximum absolute atomic E-state index is 12.3. The predicted octanol–water partition coefficient (Wildman–Crippen LogP) is 3.27. The van der Waals surface area contributed by atoms with Crippen molar-refractivity contribution in [1.82, 2.24) is 10.6 Å². The molecule has 0 saturated heterocycles. The zero-order valence-corrected chi connectivity index (χ0v) is 15.4. The number of phenolic OH excluding ortho intramolecular Hbond substituents is 1. The Hall–Kier alpha value is -2.24. The van der Waals surface area contributed by atoms with Gasteiger partial charge in [-0.1, -0.05) is 6.07 Å². The highest BCUT2D eigenvalue weighted by Crippen LogP contribution is 2.22. The van der Waals surface area contributed by atoms with Crippen molar-refractivity contribution in [3.05, 3.63) is 29.3 Å². The molecule has 0 heterocycles. The number of hydrogen-bond acceptors (Lipinski definition) is 4. The minimum Gasteiger partial charge on any atom is -0.507 e. The molecule has 3 N–H and O–H groups in total. The van der Waals surface area contributed by atoms with E-state index in [0.29, 0.717) is 5.56 Å². The topological polar surface area (TPSA) is 87.7 Å². The lowest BCUT2D eigenvalue weighted by atomic mass is 9.91. The van der Waals surface area contributed by atoms with Crippen LogP contribution in [-0.2, 0) is 4.74 Å². The molecule has 25 heavy (non-hydrogen) atoms. The maximum Gasteiger partial charge on any atom is 0.407 e. The van der Waals surface area contributed by atoms with Gasteiger partial charge in [0.1, 0.15) is 11.4 Å². The van der Waals surface area contributed by atoms with Gasteiger partial charge >= 0.3 is 6.09 Å². The van der Waals surface area contributed by atoms with E-state index in [1.165, 1.54) is 0 Å². The SMILES string of the molecule is Cc1ccc(C(=O)N[C@H]2CC[C@@H](NC(=O)OC(C)(C)C)CC2)c(O)c1.